The minimum absolute atomic E-state index is 0.145. The number of nitrogens with zero attached hydrogens (tertiary/aromatic N) is 1. The van der Waals surface area contributed by atoms with E-state index in [9.17, 15) is 4.79 Å². The summed E-state index contributed by atoms with van der Waals surface area (Å²) < 4.78 is 6.08. The SMILES string of the molecule is NC(=O)Cc1ccccc1C(Oc1ccn[nH]1)c1ccc(Cl)cc1. The molecule has 24 heavy (non-hydrogen) atoms. The highest BCUT2D eigenvalue weighted by molar-refractivity contribution is 6.30. The summed E-state index contributed by atoms with van der Waals surface area (Å²) in [7, 11) is 0. The van der Waals surface area contributed by atoms with Crippen LogP contribution < -0.4 is 10.5 Å². The van der Waals surface area contributed by atoms with Gasteiger partial charge in [-0.25, -0.2) is 5.10 Å². The van der Waals surface area contributed by atoms with Gasteiger partial charge in [-0.15, -0.1) is 0 Å². The summed E-state index contributed by atoms with van der Waals surface area (Å²) >= 11 is 5.99. The molecule has 0 spiro atoms. The molecule has 6 heteroatoms. The number of nitrogens with two attached hydrogens (primary N) is 1. The Morgan fingerprint density at radius 2 is 1.92 bits per heavy atom. The van der Waals surface area contributed by atoms with Crippen molar-refractivity contribution in [2.24, 2.45) is 5.73 Å². The number of rotatable bonds is 6. The van der Waals surface area contributed by atoms with Gasteiger partial charge in [-0.05, 0) is 23.3 Å². The fourth-order valence-electron chi connectivity index (χ4n) is 2.52. The Balaban J connectivity index is 2.04. The van der Waals surface area contributed by atoms with Crippen LogP contribution in [0.3, 0.4) is 0 Å². The van der Waals surface area contributed by atoms with Crippen molar-refractivity contribution in [1.29, 1.82) is 0 Å². The van der Waals surface area contributed by atoms with E-state index in [0.717, 1.165) is 16.7 Å². The van der Waals surface area contributed by atoms with Crippen LogP contribution in [-0.2, 0) is 11.2 Å². The predicted molar refractivity (Wildman–Crippen MR) is 91.9 cm³/mol. The largest absolute Gasteiger partial charge is 0.465 e. The van der Waals surface area contributed by atoms with E-state index in [2.05, 4.69) is 10.2 Å². The highest BCUT2D eigenvalue weighted by Crippen LogP contribution is 2.30. The van der Waals surface area contributed by atoms with Crippen LogP contribution in [0.1, 0.15) is 22.8 Å². The molecule has 5 nitrogen and oxygen atoms in total. The number of primary amides is 1. The molecule has 0 fully saturated rings. The number of hydrogen-bond acceptors (Lipinski definition) is 3. The third kappa shape index (κ3) is 3.75. The van der Waals surface area contributed by atoms with E-state index in [-0.39, 0.29) is 12.3 Å². The Kier molecular flexibility index (Phi) is 4.82. The third-order valence-electron chi connectivity index (χ3n) is 3.60. The fourth-order valence-corrected chi connectivity index (χ4v) is 2.65. The van der Waals surface area contributed by atoms with Crippen molar-refractivity contribution in [3.8, 4) is 5.88 Å². The molecule has 3 aromatic rings. The Morgan fingerprint density at radius 1 is 1.17 bits per heavy atom. The van der Waals surface area contributed by atoms with Gasteiger partial charge in [-0.2, -0.15) is 5.10 Å². The Bertz CT molecular complexity index is 817. The standard InChI is InChI=1S/C18H16ClN3O2/c19-14-7-5-12(6-8-14)18(24-17-9-10-21-22-17)15-4-2-1-3-13(15)11-16(20)23/h1-10,18H,11H2,(H2,20,23)(H,21,22). The molecule has 0 bridgehead atoms. The second-order valence-electron chi connectivity index (χ2n) is 5.31. The number of aromatic nitrogens is 2. The van der Waals surface area contributed by atoms with Crippen molar-refractivity contribution in [3.63, 3.8) is 0 Å². The summed E-state index contributed by atoms with van der Waals surface area (Å²) in [5, 5.41) is 7.33. The second-order valence-corrected chi connectivity index (χ2v) is 5.75. The fraction of sp³-hybridized carbons (Fsp3) is 0.111. The lowest BCUT2D eigenvalue weighted by Crippen LogP contribution is -2.18. The number of H-pyrrole nitrogens is 1. The quantitative estimate of drug-likeness (QED) is 0.722. The van der Waals surface area contributed by atoms with Crippen molar-refractivity contribution in [1.82, 2.24) is 10.2 Å². The van der Waals surface area contributed by atoms with Crippen molar-refractivity contribution in [2.75, 3.05) is 0 Å². The van der Waals surface area contributed by atoms with Gasteiger partial charge in [0.25, 0.3) is 0 Å². The van der Waals surface area contributed by atoms with E-state index in [0.29, 0.717) is 10.9 Å². The first-order valence-corrected chi connectivity index (χ1v) is 7.79. The van der Waals surface area contributed by atoms with Gasteiger partial charge in [0.2, 0.25) is 11.8 Å². The predicted octanol–water partition coefficient (Wildman–Crippen LogP) is 3.26. The molecule has 0 aliphatic rings. The van der Waals surface area contributed by atoms with Crippen molar-refractivity contribution >= 4 is 17.5 Å². The topological polar surface area (TPSA) is 81.0 Å². The number of nitrogens with one attached hydrogen (secondary N) is 1. The number of amides is 1. The van der Waals surface area contributed by atoms with E-state index >= 15 is 0 Å². The summed E-state index contributed by atoms with van der Waals surface area (Å²) in [5.41, 5.74) is 7.98. The highest BCUT2D eigenvalue weighted by atomic mass is 35.5. The lowest BCUT2D eigenvalue weighted by atomic mass is 9.95. The zero-order valence-electron chi connectivity index (χ0n) is 12.8. The van der Waals surface area contributed by atoms with Gasteiger partial charge >= 0.3 is 0 Å². The first-order chi connectivity index (χ1) is 11.6. The maximum absolute atomic E-state index is 11.4. The van der Waals surface area contributed by atoms with E-state index < -0.39 is 6.10 Å². The Morgan fingerprint density at radius 3 is 2.58 bits per heavy atom. The van der Waals surface area contributed by atoms with E-state index in [1.807, 2.05) is 36.4 Å². The summed E-state index contributed by atoms with van der Waals surface area (Å²) in [6, 6.07) is 16.7. The molecule has 0 radical (unpaired) electrons. The first-order valence-electron chi connectivity index (χ1n) is 7.41. The molecule has 0 saturated heterocycles. The first kappa shape index (κ1) is 16.1. The summed E-state index contributed by atoms with van der Waals surface area (Å²) in [4.78, 5) is 11.4. The maximum atomic E-state index is 11.4. The molecule has 1 aromatic heterocycles. The summed E-state index contributed by atoms with van der Waals surface area (Å²) in [6.07, 6.45) is 1.34. The zero-order valence-corrected chi connectivity index (χ0v) is 13.5. The number of carbonyl (C=O) groups is 1. The molecule has 122 valence electrons. The zero-order chi connectivity index (χ0) is 16.9. The van der Waals surface area contributed by atoms with Gasteiger partial charge in [-0.1, -0.05) is 48.0 Å². The van der Waals surface area contributed by atoms with Gasteiger partial charge in [0.15, 0.2) is 6.10 Å². The lowest BCUT2D eigenvalue weighted by Gasteiger charge is -2.21. The van der Waals surface area contributed by atoms with Crippen LogP contribution in [-0.4, -0.2) is 16.1 Å². The van der Waals surface area contributed by atoms with Gasteiger partial charge < -0.3 is 10.5 Å². The van der Waals surface area contributed by atoms with Crippen LogP contribution in [0.5, 0.6) is 5.88 Å². The molecule has 3 N–H and O–H groups in total. The number of halogens is 1. The Hall–Kier alpha value is -2.79. The van der Waals surface area contributed by atoms with Gasteiger partial charge in [0.05, 0.1) is 12.6 Å². The Labute approximate surface area is 144 Å². The molecule has 0 aliphatic heterocycles. The van der Waals surface area contributed by atoms with Crippen molar-refractivity contribution < 1.29 is 9.53 Å². The molecular formula is C18H16ClN3O2. The van der Waals surface area contributed by atoms with Crippen molar-refractivity contribution in [2.45, 2.75) is 12.5 Å². The van der Waals surface area contributed by atoms with E-state index in [1.165, 1.54) is 0 Å². The second kappa shape index (κ2) is 7.19. The molecule has 1 atom stereocenters. The molecular weight excluding hydrogens is 326 g/mol. The third-order valence-corrected chi connectivity index (χ3v) is 3.85. The van der Waals surface area contributed by atoms with Gasteiger partial charge in [-0.3, -0.25) is 4.79 Å². The molecule has 1 heterocycles. The number of benzene rings is 2. The average Bonchev–Trinajstić information content (AvgIpc) is 3.07. The highest BCUT2D eigenvalue weighted by Gasteiger charge is 2.20. The normalized spacial score (nSPS) is 11.9. The number of carbonyl (C=O) groups excluding carboxylic acids is 1. The van der Waals surface area contributed by atoms with E-state index in [4.69, 9.17) is 22.1 Å². The molecule has 3 rings (SSSR count). The molecule has 2 aromatic carbocycles. The van der Waals surface area contributed by atoms with Crippen LogP contribution in [0.15, 0.2) is 60.8 Å². The molecule has 0 aliphatic carbocycles. The number of ether oxygens (including phenoxy) is 1. The van der Waals surface area contributed by atoms with Crippen LogP contribution in [0.4, 0.5) is 0 Å². The average molecular weight is 342 g/mol. The summed E-state index contributed by atoms with van der Waals surface area (Å²) in [6.45, 7) is 0. The minimum atomic E-state index is -0.418. The van der Waals surface area contributed by atoms with Crippen LogP contribution in [0.25, 0.3) is 0 Å². The molecule has 0 saturated carbocycles. The number of hydrogen-bond donors (Lipinski definition) is 2. The van der Waals surface area contributed by atoms with Crippen LogP contribution in [0, 0.1) is 0 Å². The van der Waals surface area contributed by atoms with Gasteiger partial charge in [0, 0.05) is 16.7 Å². The molecule has 1 unspecified atom stereocenters. The lowest BCUT2D eigenvalue weighted by molar-refractivity contribution is -0.117. The number of aromatic amines is 1. The molecule has 1 amide bonds. The van der Waals surface area contributed by atoms with Crippen LogP contribution in [0.2, 0.25) is 5.02 Å². The monoisotopic (exact) mass is 341 g/mol. The maximum Gasteiger partial charge on any atom is 0.221 e. The van der Waals surface area contributed by atoms with E-state index in [1.54, 1.807) is 24.4 Å². The van der Waals surface area contributed by atoms with Crippen LogP contribution >= 0.6 is 11.6 Å². The van der Waals surface area contributed by atoms with Crippen molar-refractivity contribution in [3.05, 3.63) is 82.5 Å². The summed E-state index contributed by atoms with van der Waals surface area (Å²) in [5.74, 6) is 0.141. The van der Waals surface area contributed by atoms with Gasteiger partial charge in [0.1, 0.15) is 0 Å². The minimum Gasteiger partial charge on any atom is -0.465 e. The smallest absolute Gasteiger partial charge is 0.221 e.